The third-order valence-electron chi connectivity index (χ3n) is 3.70. The van der Waals surface area contributed by atoms with Gasteiger partial charge in [-0.25, -0.2) is 18.2 Å². The Bertz CT molecular complexity index is 1130. The molecule has 138 valence electrons. The maximum Gasteiger partial charge on any atom is 0.269 e. The molecule has 0 amide bonds. The number of nitrogens with two attached hydrogens (primary N) is 1. The van der Waals surface area contributed by atoms with Crippen LogP contribution in [0.15, 0.2) is 59.5 Å². The molecule has 0 aliphatic carbocycles. The first-order chi connectivity index (χ1) is 12.7. The smallest absolute Gasteiger partial charge is 0.269 e. The lowest BCUT2D eigenvalue weighted by molar-refractivity contribution is -0.384. The number of carboxylic acid groups (broad SMARTS) is 1. The number of carbonyl (C=O) groups is 1. The molecule has 0 spiro atoms. The molecule has 0 unspecified atom stereocenters. The molecule has 1 heterocycles. The van der Waals surface area contributed by atoms with Crippen LogP contribution in [0.5, 0.6) is 0 Å². The molecule has 11 heteroatoms. The molecular formula is C16H11N4O6S-. The zero-order chi connectivity index (χ0) is 19.8. The van der Waals surface area contributed by atoms with Gasteiger partial charge in [0, 0.05) is 17.7 Å². The van der Waals surface area contributed by atoms with Gasteiger partial charge in [-0.05, 0) is 42.5 Å². The Balaban J connectivity index is 2.06. The predicted molar refractivity (Wildman–Crippen MR) is 91.4 cm³/mol. The molecule has 3 rings (SSSR count). The third kappa shape index (κ3) is 3.68. The van der Waals surface area contributed by atoms with E-state index in [9.17, 15) is 28.4 Å². The summed E-state index contributed by atoms with van der Waals surface area (Å²) >= 11 is 0. The van der Waals surface area contributed by atoms with Crippen LogP contribution in [0.3, 0.4) is 0 Å². The molecular weight excluding hydrogens is 376 g/mol. The van der Waals surface area contributed by atoms with Gasteiger partial charge in [0.2, 0.25) is 10.0 Å². The number of carboxylic acids is 1. The average molecular weight is 387 g/mol. The number of rotatable bonds is 5. The number of hydrogen-bond acceptors (Lipinski definition) is 7. The van der Waals surface area contributed by atoms with Crippen LogP contribution in [0.25, 0.3) is 16.9 Å². The van der Waals surface area contributed by atoms with Crippen molar-refractivity contribution in [2.75, 3.05) is 0 Å². The number of aromatic nitrogens is 2. The van der Waals surface area contributed by atoms with Gasteiger partial charge in [-0.1, -0.05) is 0 Å². The molecule has 0 saturated carbocycles. The standard InChI is InChI=1S/C16H12N4O6S/c17-27(25,26)13-7-5-11(6-8-13)19-15(16(21)22)9-14(18-19)10-1-3-12(4-2-10)20(23)24/h1-9H,(H,21,22)(H2,17,25,26)/p-1. The highest BCUT2D eigenvalue weighted by molar-refractivity contribution is 7.89. The van der Waals surface area contributed by atoms with Crippen molar-refractivity contribution >= 4 is 21.7 Å². The summed E-state index contributed by atoms with van der Waals surface area (Å²) in [6, 6.07) is 11.8. The van der Waals surface area contributed by atoms with E-state index in [4.69, 9.17) is 5.14 Å². The lowest BCUT2D eigenvalue weighted by Crippen LogP contribution is -2.25. The molecule has 0 saturated heterocycles. The summed E-state index contributed by atoms with van der Waals surface area (Å²) < 4.78 is 23.7. The molecule has 10 nitrogen and oxygen atoms in total. The SMILES string of the molecule is NS(=O)(=O)c1ccc(-n2nc(-c3ccc([N+](=O)[O-])cc3)cc2C(=O)[O-])cc1. The maximum atomic E-state index is 11.4. The highest BCUT2D eigenvalue weighted by Gasteiger charge is 2.14. The number of hydrogen-bond donors (Lipinski definition) is 1. The molecule has 3 aromatic rings. The fourth-order valence-electron chi connectivity index (χ4n) is 2.40. The summed E-state index contributed by atoms with van der Waals surface area (Å²) in [5.41, 5.74) is 0.598. The minimum atomic E-state index is -3.89. The van der Waals surface area contributed by atoms with E-state index < -0.39 is 20.9 Å². The Morgan fingerprint density at radius 2 is 1.67 bits per heavy atom. The molecule has 0 aliphatic rings. The van der Waals surface area contributed by atoms with Gasteiger partial charge in [0.05, 0.1) is 32.9 Å². The normalized spacial score (nSPS) is 11.3. The monoisotopic (exact) mass is 387 g/mol. The van der Waals surface area contributed by atoms with Crippen molar-refractivity contribution in [2.24, 2.45) is 5.14 Å². The second kappa shape index (κ2) is 6.63. The lowest BCUT2D eigenvalue weighted by Gasteiger charge is -2.08. The first-order valence-corrected chi connectivity index (χ1v) is 8.91. The Morgan fingerprint density at radius 1 is 1.07 bits per heavy atom. The van der Waals surface area contributed by atoms with Gasteiger partial charge < -0.3 is 9.90 Å². The van der Waals surface area contributed by atoms with Gasteiger partial charge >= 0.3 is 0 Å². The number of nitro benzene ring substituents is 1. The molecule has 0 atom stereocenters. The highest BCUT2D eigenvalue weighted by atomic mass is 32.2. The van der Waals surface area contributed by atoms with Gasteiger partial charge in [0.15, 0.2) is 0 Å². The number of nitrogens with zero attached hydrogens (tertiary/aromatic N) is 3. The zero-order valence-electron chi connectivity index (χ0n) is 13.5. The van der Waals surface area contributed by atoms with E-state index >= 15 is 0 Å². The Kier molecular flexibility index (Phi) is 4.47. The summed E-state index contributed by atoms with van der Waals surface area (Å²) in [5, 5.41) is 31.4. The van der Waals surface area contributed by atoms with Crippen molar-refractivity contribution < 1.29 is 23.2 Å². The molecule has 0 radical (unpaired) electrons. The van der Waals surface area contributed by atoms with Crippen molar-refractivity contribution in [3.63, 3.8) is 0 Å². The van der Waals surface area contributed by atoms with Crippen LogP contribution < -0.4 is 10.2 Å². The van der Waals surface area contributed by atoms with Crippen molar-refractivity contribution in [3.05, 3.63) is 70.4 Å². The summed E-state index contributed by atoms with van der Waals surface area (Å²) in [5.74, 6) is -1.49. The molecule has 0 aliphatic heterocycles. The second-order valence-corrected chi connectivity index (χ2v) is 7.02. The van der Waals surface area contributed by atoms with Gasteiger partial charge in [-0.15, -0.1) is 0 Å². The quantitative estimate of drug-likeness (QED) is 0.491. The van der Waals surface area contributed by atoms with Crippen molar-refractivity contribution in [3.8, 4) is 16.9 Å². The number of non-ortho nitro benzene ring substituents is 1. The van der Waals surface area contributed by atoms with Crippen molar-refractivity contribution in [1.29, 1.82) is 0 Å². The van der Waals surface area contributed by atoms with Crippen LogP contribution in [-0.4, -0.2) is 29.1 Å². The van der Waals surface area contributed by atoms with Crippen molar-refractivity contribution in [1.82, 2.24) is 9.78 Å². The van der Waals surface area contributed by atoms with Gasteiger partial charge in [0.25, 0.3) is 5.69 Å². The first kappa shape index (κ1) is 18.2. The minimum Gasteiger partial charge on any atom is -0.543 e. The van der Waals surface area contributed by atoms with Crippen LogP contribution in [-0.2, 0) is 10.0 Å². The molecule has 1 aromatic heterocycles. The van der Waals surface area contributed by atoms with Gasteiger partial charge in [0.1, 0.15) is 0 Å². The molecule has 2 N–H and O–H groups in total. The largest absolute Gasteiger partial charge is 0.543 e. The van der Waals surface area contributed by atoms with E-state index in [0.29, 0.717) is 5.56 Å². The lowest BCUT2D eigenvalue weighted by atomic mass is 10.1. The Morgan fingerprint density at radius 3 is 2.15 bits per heavy atom. The fourth-order valence-corrected chi connectivity index (χ4v) is 2.91. The van der Waals surface area contributed by atoms with Crippen LogP contribution in [0.2, 0.25) is 0 Å². The number of benzene rings is 2. The molecule has 0 bridgehead atoms. The second-order valence-electron chi connectivity index (χ2n) is 5.46. The van der Waals surface area contributed by atoms with E-state index in [-0.39, 0.29) is 27.7 Å². The summed E-state index contributed by atoms with van der Waals surface area (Å²) in [7, 11) is -3.89. The van der Waals surface area contributed by atoms with Crippen LogP contribution in [0.1, 0.15) is 10.5 Å². The molecule has 27 heavy (non-hydrogen) atoms. The Labute approximate surface area is 152 Å². The van der Waals surface area contributed by atoms with Gasteiger partial charge in [-0.2, -0.15) is 5.10 Å². The molecule has 2 aromatic carbocycles. The van der Waals surface area contributed by atoms with Crippen LogP contribution >= 0.6 is 0 Å². The first-order valence-electron chi connectivity index (χ1n) is 7.36. The summed E-state index contributed by atoms with van der Waals surface area (Å²) in [6.07, 6.45) is 0. The van der Waals surface area contributed by atoms with E-state index in [2.05, 4.69) is 5.10 Å². The summed E-state index contributed by atoms with van der Waals surface area (Å²) in [4.78, 5) is 21.5. The Hall–Kier alpha value is -3.57. The highest BCUT2D eigenvalue weighted by Crippen LogP contribution is 2.24. The topological polar surface area (TPSA) is 161 Å². The van der Waals surface area contributed by atoms with E-state index in [1.165, 1.54) is 54.6 Å². The number of aromatic carboxylic acids is 1. The van der Waals surface area contributed by atoms with Gasteiger partial charge in [-0.3, -0.25) is 10.1 Å². The number of sulfonamides is 1. The summed E-state index contributed by atoms with van der Waals surface area (Å²) in [6.45, 7) is 0. The van der Waals surface area contributed by atoms with E-state index in [0.717, 1.165) is 4.68 Å². The van der Waals surface area contributed by atoms with E-state index in [1.807, 2.05) is 0 Å². The maximum absolute atomic E-state index is 11.4. The van der Waals surface area contributed by atoms with E-state index in [1.54, 1.807) is 0 Å². The van der Waals surface area contributed by atoms with Crippen molar-refractivity contribution in [2.45, 2.75) is 4.90 Å². The number of carbonyl (C=O) groups excluding carboxylic acids is 1. The number of primary sulfonamides is 1. The van der Waals surface area contributed by atoms with Crippen LogP contribution in [0.4, 0.5) is 5.69 Å². The minimum absolute atomic E-state index is 0.114. The average Bonchev–Trinajstić information content (AvgIpc) is 3.07. The number of nitro groups is 1. The fraction of sp³-hybridized carbons (Fsp3) is 0. The zero-order valence-corrected chi connectivity index (χ0v) is 14.3. The predicted octanol–water partition coefficient (Wildman–Crippen LogP) is 0.458. The van der Waals surface area contributed by atoms with Crippen LogP contribution in [0, 0.1) is 10.1 Å². The molecule has 0 fully saturated rings. The third-order valence-corrected chi connectivity index (χ3v) is 4.63.